The lowest BCUT2D eigenvalue weighted by Crippen LogP contribution is -2.23. The highest BCUT2D eigenvalue weighted by molar-refractivity contribution is 9.10. The van der Waals surface area contributed by atoms with Crippen LogP contribution in [0.5, 0.6) is 0 Å². The third kappa shape index (κ3) is 2.44. The molecular weight excluding hydrogens is 312 g/mol. The van der Waals surface area contributed by atoms with E-state index in [1.54, 1.807) is 13.0 Å². The van der Waals surface area contributed by atoms with Crippen molar-refractivity contribution >= 4 is 21.9 Å². The van der Waals surface area contributed by atoms with Crippen LogP contribution in [0, 0.1) is 13.8 Å². The highest BCUT2D eigenvalue weighted by atomic mass is 79.9. The molecule has 5 nitrogen and oxygen atoms in total. The van der Waals surface area contributed by atoms with Gasteiger partial charge in [-0.15, -0.1) is 0 Å². The Morgan fingerprint density at radius 3 is 2.63 bits per heavy atom. The summed E-state index contributed by atoms with van der Waals surface area (Å²) < 4.78 is 2.21. The number of halogens is 1. The van der Waals surface area contributed by atoms with Crippen molar-refractivity contribution in [3.8, 4) is 5.69 Å². The lowest BCUT2D eigenvalue weighted by molar-refractivity contribution is 0.0686. The quantitative estimate of drug-likeness (QED) is 0.920. The summed E-state index contributed by atoms with van der Waals surface area (Å²) in [4.78, 5) is 22.7. The van der Waals surface area contributed by atoms with E-state index in [1.807, 2.05) is 19.1 Å². The first kappa shape index (κ1) is 13.5. The minimum Gasteiger partial charge on any atom is -0.476 e. The summed E-state index contributed by atoms with van der Waals surface area (Å²) in [6.07, 6.45) is 1.52. The average Bonchev–Trinajstić information content (AvgIpc) is 2.35. The smallest absolute Gasteiger partial charge is 0.360 e. The fourth-order valence-electron chi connectivity index (χ4n) is 1.68. The van der Waals surface area contributed by atoms with Gasteiger partial charge in [0.25, 0.3) is 0 Å². The van der Waals surface area contributed by atoms with Gasteiger partial charge in [0.2, 0.25) is 11.1 Å². The highest BCUT2D eigenvalue weighted by Crippen LogP contribution is 2.23. The molecule has 1 aromatic heterocycles. The lowest BCUT2D eigenvalue weighted by Gasteiger charge is -2.11. The zero-order valence-electron chi connectivity index (χ0n) is 10.3. The van der Waals surface area contributed by atoms with E-state index >= 15 is 0 Å². The van der Waals surface area contributed by atoms with Crippen LogP contribution in [-0.2, 0) is 0 Å². The Bertz CT molecular complexity index is 722. The van der Waals surface area contributed by atoms with Crippen molar-refractivity contribution in [3.63, 3.8) is 0 Å². The van der Waals surface area contributed by atoms with Crippen molar-refractivity contribution in [1.82, 2.24) is 9.78 Å². The SMILES string of the molecule is Cc1cccc(-n2cc(C)c(=O)c(C(=O)O)n2)c1Br. The summed E-state index contributed by atoms with van der Waals surface area (Å²) in [7, 11) is 0. The Kier molecular flexibility index (Phi) is 3.53. The average molecular weight is 323 g/mol. The van der Waals surface area contributed by atoms with Crippen molar-refractivity contribution in [1.29, 1.82) is 0 Å². The van der Waals surface area contributed by atoms with E-state index in [9.17, 15) is 9.59 Å². The highest BCUT2D eigenvalue weighted by Gasteiger charge is 2.15. The monoisotopic (exact) mass is 322 g/mol. The predicted octanol–water partition coefficient (Wildman–Crippen LogP) is 2.31. The molecule has 0 aliphatic heterocycles. The van der Waals surface area contributed by atoms with Crippen LogP contribution in [0.4, 0.5) is 0 Å². The maximum atomic E-state index is 11.7. The zero-order chi connectivity index (χ0) is 14.2. The molecule has 0 saturated heterocycles. The summed E-state index contributed by atoms with van der Waals surface area (Å²) in [5.41, 5.74) is 0.972. The topological polar surface area (TPSA) is 72.2 Å². The second kappa shape index (κ2) is 4.97. The maximum absolute atomic E-state index is 11.7. The lowest BCUT2D eigenvalue weighted by atomic mass is 10.2. The van der Waals surface area contributed by atoms with Gasteiger partial charge in [-0.2, -0.15) is 5.10 Å². The number of carbonyl (C=O) groups is 1. The molecule has 0 bridgehead atoms. The number of aromatic carboxylic acids is 1. The van der Waals surface area contributed by atoms with Gasteiger partial charge < -0.3 is 5.11 Å². The Morgan fingerprint density at radius 1 is 1.32 bits per heavy atom. The van der Waals surface area contributed by atoms with Crippen molar-refractivity contribution in [2.75, 3.05) is 0 Å². The molecule has 19 heavy (non-hydrogen) atoms. The van der Waals surface area contributed by atoms with Gasteiger partial charge in [0.15, 0.2) is 0 Å². The number of benzene rings is 1. The molecule has 0 amide bonds. The van der Waals surface area contributed by atoms with Gasteiger partial charge in [-0.1, -0.05) is 12.1 Å². The van der Waals surface area contributed by atoms with Gasteiger partial charge >= 0.3 is 5.97 Å². The minimum absolute atomic E-state index is 0.334. The number of rotatable bonds is 2. The molecule has 98 valence electrons. The van der Waals surface area contributed by atoms with E-state index in [0.717, 1.165) is 10.0 Å². The molecule has 2 rings (SSSR count). The summed E-state index contributed by atoms with van der Waals surface area (Å²) >= 11 is 3.44. The Morgan fingerprint density at radius 2 is 2.00 bits per heavy atom. The molecule has 0 saturated carbocycles. The van der Waals surface area contributed by atoms with E-state index < -0.39 is 17.1 Å². The van der Waals surface area contributed by atoms with E-state index in [2.05, 4.69) is 21.0 Å². The van der Waals surface area contributed by atoms with Gasteiger partial charge in [0.1, 0.15) is 0 Å². The number of hydrogen-bond acceptors (Lipinski definition) is 3. The van der Waals surface area contributed by atoms with Crippen LogP contribution in [0.25, 0.3) is 5.69 Å². The molecule has 0 aliphatic carbocycles. The van der Waals surface area contributed by atoms with Gasteiger partial charge in [0, 0.05) is 16.2 Å². The van der Waals surface area contributed by atoms with Crippen LogP contribution < -0.4 is 5.43 Å². The van der Waals surface area contributed by atoms with Crippen molar-refractivity contribution in [3.05, 3.63) is 55.9 Å². The van der Waals surface area contributed by atoms with E-state index in [-0.39, 0.29) is 0 Å². The molecule has 6 heteroatoms. The Balaban J connectivity index is 2.74. The summed E-state index contributed by atoms with van der Waals surface area (Å²) in [6.45, 7) is 3.48. The summed E-state index contributed by atoms with van der Waals surface area (Å²) in [5, 5.41) is 12.9. The standard InChI is InChI=1S/C13H11BrN2O3/c1-7-4-3-5-9(10(7)14)16-6-8(2)12(17)11(15-16)13(18)19/h3-6H,1-2H3,(H,18,19). The first-order chi connectivity index (χ1) is 8.91. The second-order valence-corrected chi connectivity index (χ2v) is 4.94. The molecule has 2 aromatic rings. The third-order valence-corrected chi connectivity index (χ3v) is 3.75. The van der Waals surface area contributed by atoms with Crippen LogP contribution in [-0.4, -0.2) is 20.9 Å². The maximum Gasteiger partial charge on any atom is 0.360 e. The normalized spacial score (nSPS) is 10.5. The predicted molar refractivity (Wildman–Crippen MR) is 74.0 cm³/mol. The van der Waals surface area contributed by atoms with Crippen LogP contribution in [0.1, 0.15) is 21.6 Å². The number of carboxylic acids is 1. The third-order valence-electron chi connectivity index (χ3n) is 2.72. The number of nitrogens with zero attached hydrogens (tertiary/aromatic N) is 2. The van der Waals surface area contributed by atoms with E-state index in [1.165, 1.54) is 10.9 Å². The number of aryl methyl sites for hydroxylation is 2. The van der Waals surface area contributed by atoms with Gasteiger partial charge in [0.05, 0.1) is 5.69 Å². The van der Waals surface area contributed by atoms with Crippen LogP contribution in [0.15, 0.2) is 33.7 Å². The minimum atomic E-state index is -1.33. The van der Waals surface area contributed by atoms with Crippen LogP contribution in [0.2, 0.25) is 0 Å². The number of hydrogen-bond donors (Lipinski definition) is 1. The fourth-order valence-corrected chi connectivity index (χ4v) is 2.13. The molecule has 0 unspecified atom stereocenters. The van der Waals surface area contributed by atoms with Crippen LogP contribution in [0.3, 0.4) is 0 Å². The Labute approximate surface area is 117 Å². The van der Waals surface area contributed by atoms with E-state index in [0.29, 0.717) is 11.3 Å². The molecular formula is C13H11BrN2O3. The molecule has 0 aliphatic rings. The molecule has 0 spiro atoms. The summed E-state index contributed by atoms with van der Waals surface area (Å²) in [6, 6.07) is 5.55. The zero-order valence-corrected chi connectivity index (χ0v) is 11.9. The largest absolute Gasteiger partial charge is 0.476 e. The molecule has 1 aromatic carbocycles. The van der Waals surface area contributed by atoms with Crippen molar-refractivity contribution in [2.24, 2.45) is 0 Å². The second-order valence-electron chi connectivity index (χ2n) is 4.15. The van der Waals surface area contributed by atoms with E-state index in [4.69, 9.17) is 5.11 Å². The van der Waals surface area contributed by atoms with Gasteiger partial charge in [-0.05, 0) is 41.4 Å². The van der Waals surface area contributed by atoms with Crippen molar-refractivity contribution < 1.29 is 9.90 Å². The van der Waals surface area contributed by atoms with Crippen molar-refractivity contribution in [2.45, 2.75) is 13.8 Å². The fraction of sp³-hybridized carbons (Fsp3) is 0.154. The molecule has 1 N–H and O–H groups in total. The van der Waals surface area contributed by atoms with Gasteiger partial charge in [-0.25, -0.2) is 9.48 Å². The molecule has 0 atom stereocenters. The molecule has 1 heterocycles. The first-order valence-corrected chi connectivity index (χ1v) is 6.30. The van der Waals surface area contributed by atoms with Crippen LogP contribution >= 0.6 is 15.9 Å². The Hall–Kier alpha value is -1.95. The first-order valence-electron chi connectivity index (χ1n) is 5.51. The molecule has 0 fully saturated rings. The molecule has 0 radical (unpaired) electrons. The van der Waals surface area contributed by atoms with Gasteiger partial charge in [-0.3, -0.25) is 4.79 Å². The number of carboxylic acid groups (broad SMARTS) is 1. The summed E-state index contributed by atoms with van der Waals surface area (Å²) in [5.74, 6) is -1.33. The number of aromatic nitrogens is 2.